The lowest BCUT2D eigenvalue weighted by Gasteiger charge is -2.07. The number of aryl methyl sites for hydroxylation is 3. The molecule has 1 aromatic carbocycles. The van der Waals surface area contributed by atoms with Crippen LogP contribution in [-0.2, 0) is 11.2 Å². The van der Waals surface area contributed by atoms with Crippen LogP contribution in [0.5, 0.6) is 0 Å². The van der Waals surface area contributed by atoms with Gasteiger partial charge in [-0.3, -0.25) is 20.4 Å². The molecule has 0 bridgehead atoms. The number of hydrogen-bond donors (Lipinski definition) is 2. The van der Waals surface area contributed by atoms with Crippen LogP contribution in [0, 0.1) is 13.8 Å². The zero-order chi connectivity index (χ0) is 16.1. The third-order valence-corrected chi connectivity index (χ3v) is 3.55. The topological polar surface area (TPSA) is 71.3 Å². The number of halogens is 1. The number of hydrazine groups is 1. The van der Waals surface area contributed by atoms with Crippen LogP contribution < -0.4 is 10.9 Å². The van der Waals surface area contributed by atoms with Crippen molar-refractivity contribution in [2.45, 2.75) is 26.7 Å². The van der Waals surface area contributed by atoms with E-state index in [2.05, 4.69) is 10.9 Å². The SMILES string of the molecule is Cc1cc(C(=O)NNC(=O)CCc2ccccc2Cl)c(C)o1. The summed E-state index contributed by atoms with van der Waals surface area (Å²) in [6, 6.07) is 8.97. The van der Waals surface area contributed by atoms with Gasteiger partial charge in [-0.05, 0) is 38.0 Å². The Hall–Kier alpha value is -2.27. The van der Waals surface area contributed by atoms with Crippen molar-refractivity contribution < 1.29 is 14.0 Å². The Bertz CT molecular complexity index is 694. The van der Waals surface area contributed by atoms with Gasteiger partial charge in [-0.1, -0.05) is 29.8 Å². The molecule has 0 unspecified atom stereocenters. The average Bonchev–Trinajstić information content (AvgIpc) is 2.82. The molecule has 0 aliphatic rings. The second-order valence-corrected chi connectivity index (χ2v) is 5.33. The quantitative estimate of drug-likeness (QED) is 0.851. The third kappa shape index (κ3) is 4.11. The molecule has 0 fully saturated rings. The molecule has 0 aliphatic carbocycles. The first kappa shape index (κ1) is 16.1. The highest BCUT2D eigenvalue weighted by atomic mass is 35.5. The van der Waals surface area contributed by atoms with Crippen LogP contribution in [0.3, 0.4) is 0 Å². The standard InChI is InChI=1S/C16H17ClN2O3/c1-10-9-13(11(2)22-10)16(21)19-18-15(20)8-7-12-5-3-4-6-14(12)17/h3-6,9H,7-8H2,1-2H3,(H,18,20)(H,19,21). The highest BCUT2D eigenvalue weighted by molar-refractivity contribution is 6.31. The van der Waals surface area contributed by atoms with E-state index < -0.39 is 5.91 Å². The number of carbonyl (C=O) groups excluding carboxylic acids is 2. The third-order valence-electron chi connectivity index (χ3n) is 3.18. The molecule has 0 spiro atoms. The Morgan fingerprint density at radius 1 is 1.18 bits per heavy atom. The van der Waals surface area contributed by atoms with Crippen LogP contribution in [0.4, 0.5) is 0 Å². The normalized spacial score (nSPS) is 10.3. The van der Waals surface area contributed by atoms with Gasteiger partial charge in [0.25, 0.3) is 5.91 Å². The van der Waals surface area contributed by atoms with Crippen molar-refractivity contribution in [1.82, 2.24) is 10.9 Å². The highest BCUT2D eigenvalue weighted by Crippen LogP contribution is 2.16. The Morgan fingerprint density at radius 2 is 1.91 bits per heavy atom. The minimum atomic E-state index is -0.402. The van der Waals surface area contributed by atoms with Gasteiger partial charge in [-0.25, -0.2) is 0 Å². The van der Waals surface area contributed by atoms with E-state index in [4.69, 9.17) is 16.0 Å². The lowest BCUT2D eigenvalue weighted by Crippen LogP contribution is -2.41. The molecule has 2 amide bonds. The molecule has 0 saturated carbocycles. The van der Waals surface area contributed by atoms with E-state index in [1.807, 2.05) is 18.2 Å². The molecule has 0 aliphatic heterocycles. The monoisotopic (exact) mass is 320 g/mol. The summed E-state index contributed by atoms with van der Waals surface area (Å²) in [5.74, 6) is 0.472. The van der Waals surface area contributed by atoms with Crippen LogP contribution >= 0.6 is 11.6 Å². The summed E-state index contributed by atoms with van der Waals surface area (Å²) < 4.78 is 5.27. The van der Waals surface area contributed by atoms with Gasteiger partial charge < -0.3 is 4.42 Å². The number of amides is 2. The first-order valence-electron chi connectivity index (χ1n) is 6.87. The molecule has 116 valence electrons. The van der Waals surface area contributed by atoms with Crippen LogP contribution in [-0.4, -0.2) is 11.8 Å². The first-order valence-corrected chi connectivity index (χ1v) is 7.25. The van der Waals surface area contributed by atoms with E-state index in [0.29, 0.717) is 28.5 Å². The van der Waals surface area contributed by atoms with Gasteiger partial charge in [0.1, 0.15) is 11.5 Å². The van der Waals surface area contributed by atoms with Gasteiger partial charge in [-0.2, -0.15) is 0 Å². The van der Waals surface area contributed by atoms with Crippen LogP contribution in [0.1, 0.15) is 33.9 Å². The fraction of sp³-hybridized carbons (Fsp3) is 0.250. The zero-order valence-corrected chi connectivity index (χ0v) is 13.2. The van der Waals surface area contributed by atoms with Crippen LogP contribution in [0.15, 0.2) is 34.7 Å². The fourth-order valence-corrected chi connectivity index (χ4v) is 2.29. The largest absolute Gasteiger partial charge is 0.466 e. The molecule has 1 aromatic heterocycles. The Labute approximate surface area is 133 Å². The fourth-order valence-electron chi connectivity index (χ4n) is 2.06. The molecule has 2 aromatic rings. The van der Waals surface area contributed by atoms with E-state index >= 15 is 0 Å². The molecule has 22 heavy (non-hydrogen) atoms. The summed E-state index contributed by atoms with van der Waals surface area (Å²) in [4.78, 5) is 23.7. The van der Waals surface area contributed by atoms with Gasteiger partial charge in [0.15, 0.2) is 0 Å². The van der Waals surface area contributed by atoms with E-state index in [1.54, 1.807) is 26.0 Å². The number of hydrogen-bond acceptors (Lipinski definition) is 3. The summed E-state index contributed by atoms with van der Waals surface area (Å²) in [5, 5.41) is 0.629. The predicted octanol–water partition coefficient (Wildman–Crippen LogP) is 2.94. The number of rotatable bonds is 4. The number of carbonyl (C=O) groups is 2. The van der Waals surface area contributed by atoms with E-state index in [9.17, 15) is 9.59 Å². The molecule has 0 saturated heterocycles. The minimum Gasteiger partial charge on any atom is -0.466 e. The maximum absolute atomic E-state index is 11.9. The maximum atomic E-state index is 11.9. The van der Waals surface area contributed by atoms with Crippen molar-refractivity contribution in [3.05, 3.63) is 58.0 Å². The smallest absolute Gasteiger partial charge is 0.273 e. The number of benzene rings is 1. The molecule has 2 rings (SSSR count). The van der Waals surface area contributed by atoms with Gasteiger partial charge in [0.05, 0.1) is 5.56 Å². The average molecular weight is 321 g/mol. The Balaban J connectivity index is 1.82. The van der Waals surface area contributed by atoms with E-state index in [0.717, 1.165) is 5.56 Å². The van der Waals surface area contributed by atoms with Crippen LogP contribution in [0.25, 0.3) is 0 Å². The molecular weight excluding hydrogens is 304 g/mol. The molecule has 6 heteroatoms. The summed E-state index contributed by atoms with van der Waals surface area (Å²) in [5.41, 5.74) is 6.06. The summed E-state index contributed by atoms with van der Waals surface area (Å²) in [7, 11) is 0. The second kappa shape index (κ2) is 7.13. The van der Waals surface area contributed by atoms with Crippen molar-refractivity contribution in [2.75, 3.05) is 0 Å². The van der Waals surface area contributed by atoms with Crippen molar-refractivity contribution in [2.24, 2.45) is 0 Å². The zero-order valence-electron chi connectivity index (χ0n) is 12.4. The second-order valence-electron chi connectivity index (χ2n) is 4.92. The summed E-state index contributed by atoms with van der Waals surface area (Å²) in [6.45, 7) is 3.45. The molecule has 5 nitrogen and oxygen atoms in total. The van der Waals surface area contributed by atoms with Crippen molar-refractivity contribution in [1.29, 1.82) is 0 Å². The summed E-state index contributed by atoms with van der Waals surface area (Å²) in [6.07, 6.45) is 0.735. The Morgan fingerprint density at radius 3 is 2.55 bits per heavy atom. The predicted molar refractivity (Wildman–Crippen MR) is 83.6 cm³/mol. The first-order chi connectivity index (χ1) is 10.5. The maximum Gasteiger partial charge on any atom is 0.273 e. The molecule has 2 N–H and O–H groups in total. The molecule has 0 atom stereocenters. The lowest BCUT2D eigenvalue weighted by molar-refractivity contribution is -0.121. The van der Waals surface area contributed by atoms with Gasteiger partial charge in [0.2, 0.25) is 5.91 Å². The minimum absolute atomic E-state index is 0.230. The summed E-state index contributed by atoms with van der Waals surface area (Å²) >= 11 is 6.02. The highest BCUT2D eigenvalue weighted by Gasteiger charge is 2.14. The lowest BCUT2D eigenvalue weighted by atomic mass is 10.1. The van der Waals surface area contributed by atoms with Crippen molar-refractivity contribution in [3.8, 4) is 0 Å². The Kier molecular flexibility index (Phi) is 5.22. The van der Waals surface area contributed by atoms with Crippen molar-refractivity contribution in [3.63, 3.8) is 0 Å². The number of furan rings is 1. The molecule has 0 radical (unpaired) electrons. The number of nitrogens with one attached hydrogen (secondary N) is 2. The van der Waals surface area contributed by atoms with Gasteiger partial charge in [-0.15, -0.1) is 0 Å². The van der Waals surface area contributed by atoms with E-state index in [1.165, 1.54) is 0 Å². The van der Waals surface area contributed by atoms with E-state index in [-0.39, 0.29) is 12.3 Å². The van der Waals surface area contributed by atoms with Gasteiger partial charge >= 0.3 is 0 Å². The van der Waals surface area contributed by atoms with Crippen LogP contribution in [0.2, 0.25) is 5.02 Å². The van der Waals surface area contributed by atoms with Crippen molar-refractivity contribution >= 4 is 23.4 Å². The molecular formula is C16H17ClN2O3. The molecule has 1 heterocycles. The van der Waals surface area contributed by atoms with Gasteiger partial charge in [0, 0.05) is 11.4 Å².